The Morgan fingerprint density at radius 3 is 2.28 bits per heavy atom. The highest BCUT2D eigenvalue weighted by Gasteiger charge is 2.06. The molecular weight excluding hydrogens is 246 g/mol. The molecule has 4 heteroatoms. The summed E-state index contributed by atoms with van der Waals surface area (Å²) in [5.74, 6) is 0. The predicted molar refractivity (Wildman–Crippen MR) is 71.8 cm³/mol. The maximum Gasteiger partial charge on any atom is 0.0742 e. The maximum atomic E-state index is 5.89. The molecule has 0 aliphatic heterocycles. The Morgan fingerprint density at radius 1 is 0.833 bits per heavy atom. The average Bonchev–Trinajstić information content (AvgIpc) is 2.90. The zero-order chi connectivity index (χ0) is 12.4. The van der Waals surface area contributed by atoms with Crippen molar-refractivity contribution >= 4 is 11.6 Å². The third kappa shape index (κ3) is 2.00. The average molecular weight is 256 g/mol. The molecule has 0 spiro atoms. The highest BCUT2D eigenvalue weighted by Crippen LogP contribution is 2.22. The fraction of sp³-hybridized carbons (Fsp3) is 0. The predicted octanol–water partition coefficient (Wildman–Crippen LogP) is 3.59. The van der Waals surface area contributed by atoms with Gasteiger partial charge in [-0.15, -0.1) is 0 Å². The summed E-state index contributed by atoms with van der Waals surface area (Å²) < 4.78 is 1.88. The number of hydrogen-bond donors (Lipinski definition) is 0. The van der Waals surface area contributed by atoms with E-state index >= 15 is 0 Å². The van der Waals surface area contributed by atoms with Crippen molar-refractivity contribution in [2.75, 3.05) is 0 Å². The minimum atomic E-state index is 0.719. The van der Waals surface area contributed by atoms with Crippen molar-refractivity contribution in [3.05, 3.63) is 66.1 Å². The lowest BCUT2D eigenvalue weighted by atomic mass is 10.2. The molecule has 0 saturated heterocycles. The van der Waals surface area contributed by atoms with Gasteiger partial charge in [-0.25, -0.2) is 4.68 Å². The molecule has 0 aliphatic carbocycles. The summed E-state index contributed by atoms with van der Waals surface area (Å²) in [6.07, 6.45) is 5.33. The molecule has 2 aromatic heterocycles. The number of benzene rings is 1. The van der Waals surface area contributed by atoms with Crippen LogP contribution in [0, 0.1) is 0 Å². The molecule has 88 valence electrons. The minimum Gasteiger partial charge on any atom is -0.265 e. The van der Waals surface area contributed by atoms with Gasteiger partial charge >= 0.3 is 0 Å². The molecule has 0 N–H and O–H groups in total. The van der Waals surface area contributed by atoms with E-state index < -0.39 is 0 Å². The Hall–Kier alpha value is -2.13. The van der Waals surface area contributed by atoms with Crippen LogP contribution in [0.25, 0.3) is 16.9 Å². The topological polar surface area (TPSA) is 30.7 Å². The molecule has 3 rings (SSSR count). The third-order valence-electron chi connectivity index (χ3n) is 2.69. The lowest BCUT2D eigenvalue weighted by molar-refractivity contribution is 0.888. The van der Waals surface area contributed by atoms with E-state index in [4.69, 9.17) is 11.6 Å². The zero-order valence-electron chi connectivity index (χ0n) is 9.49. The van der Waals surface area contributed by atoms with Gasteiger partial charge in [-0.1, -0.05) is 11.6 Å². The lowest BCUT2D eigenvalue weighted by Gasteiger charge is -2.07. The summed E-state index contributed by atoms with van der Waals surface area (Å²) in [7, 11) is 0. The Labute approximate surface area is 110 Å². The van der Waals surface area contributed by atoms with Crippen LogP contribution in [0.1, 0.15) is 0 Å². The molecular formula is C14H10ClN3. The van der Waals surface area contributed by atoms with E-state index in [1.165, 1.54) is 0 Å². The first-order valence-electron chi connectivity index (χ1n) is 5.55. The van der Waals surface area contributed by atoms with Gasteiger partial charge in [-0.3, -0.25) is 4.98 Å². The third-order valence-corrected chi connectivity index (χ3v) is 2.94. The van der Waals surface area contributed by atoms with Crippen LogP contribution in [-0.2, 0) is 0 Å². The van der Waals surface area contributed by atoms with Crippen molar-refractivity contribution in [2.24, 2.45) is 0 Å². The Kier molecular flexibility index (Phi) is 2.82. The highest BCUT2D eigenvalue weighted by molar-refractivity contribution is 6.30. The maximum absolute atomic E-state index is 5.89. The van der Waals surface area contributed by atoms with Crippen LogP contribution in [0.15, 0.2) is 61.1 Å². The summed E-state index contributed by atoms with van der Waals surface area (Å²) in [6.45, 7) is 0. The normalized spacial score (nSPS) is 10.5. The fourth-order valence-electron chi connectivity index (χ4n) is 1.83. The van der Waals surface area contributed by atoms with Crippen molar-refractivity contribution in [2.45, 2.75) is 0 Å². The molecule has 0 fully saturated rings. The van der Waals surface area contributed by atoms with Gasteiger partial charge in [0.05, 0.1) is 17.6 Å². The number of halogens is 1. The standard InChI is InChI=1S/C14H10ClN3/c15-12-1-3-13(4-2-12)18-14(7-10-17-18)11-5-8-16-9-6-11/h1-10H. The van der Waals surface area contributed by atoms with Gasteiger partial charge in [0.25, 0.3) is 0 Å². The van der Waals surface area contributed by atoms with Gasteiger partial charge in [0, 0.05) is 23.0 Å². The number of nitrogens with zero attached hydrogens (tertiary/aromatic N) is 3. The van der Waals surface area contributed by atoms with Crippen LogP contribution < -0.4 is 0 Å². The summed E-state index contributed by atoms with van der Waals surface area (Å²) in [6, 6.07) is 13.5. The van der Waals surface area contributed by atoms with Crippen LogP contribution in [0.4, 0.5) is 0 Å². The van der Waals surface area contributed by atoms with E-state index in [9.17, 15) is 0 Å². The van der Waals surface area contributed by atoms with Crippen LogP contribution in [0.5, 0.6) is 0 Å². The molecule has 0 atom stereocenters. The molecule has 0 unspecified atom stereocenters. The second-order valence-electron chi connectivity index (χ2n) is 3.84. The van der Waals surface area contributed by atoms with Gasteiger partial charge in [0.2, 0.25) is 0 Å². The van der Waals surface area contributed by atoms with E-state index in [1.54, 1.807) is 18.6 Å². The van der Waals surface area contributed by atoms with E-state index in [2.05, 4.69) is 10.1 Å². The Bertz CT molecular complexity index is 644. The van der Waals surface area contributed by atoms with Crippen LogP contribution in [-0.4, -0.2) is 14.8 Å². The van der Waals surface area contributed by atoms with E-state index in [-0.39, 0.29) is 0 Å². The molecule has 0 amide bonds. The number of hydrogen-bond acceptors (Lipinski definition) is 2. The largest absolute Gasteiger partial charge is 0.265 e. The quantitative estimate of drug-likeness (QED) is 0.701. The fourth-order valence-corrected chi connectivity index (χ4v) is 1.96. The number of aromatic nitrogens is 3. The SMILES string of the molecule is Clc1ccc(-n2nccc2-c2ccncc2)cc1. The molecule has 18 heavy (non-hydrogen) atoms. The first-order chi connectivity index (χ1) is 8.84. The van der Waals surface area contributed by atoms with Crippen molar-refractivity contribution in [3.63, 3.8) is 0 Å². The van der Waals surface area contributed by atoms with Crippen LogP contribution in [0.3, 0.4) is 0 Å². The van der Waals surface area contributed by atoms with E-state index in [0.717, 1.165) is 22.0 Å². The zero-order valence-corrected chi connectivity index (χ0v) is 10.2. The number of rotatable bonds is 2. The summed E-state index contributed by atoms with van der Waals surface area (Å²) in [4.78, 5) is 4.02. The van der Waals surface area contributed by atoms with Crippen molar-refractivity contribution in [1.82, 2.24) is 14.8 Å². The molecule has 1 aromatic carbocycles. The van der Waals surface area contributed by atoms with Crippen molar-refractivity contribution in [3.8, 4) is 16.9 Å². The molecule has 0 radical (unpaired) electrons. The molecule has 0 saturated carbocycles. The van der Waals surface area contributed by atoms with Crippen LogP contribution in [0.2, 0.25) is 5.02 Å². The summed E-state index contributed by atoms with van der Waals surface area (Å²) >= 11 is 5.89. The Morgan fingerprint density at radius 2 is 1.56 bits per heavy atom. The molecule has 2 heterocycles. The minimum absolute atomic E-state index is 0.719. The van der Waals surface area contributed by atoms with Gasteiger partial charge in [0.1, 0.15) is 0 Å². The second-order valence-corrected chi connectivity index (χ2v) is 4.28. The van der Waals surface area contributed by atoms with Gasteiger partial charge < -0.3 is 0 Å². The van der Waals surface area contributed by atoms with E-state index in [0.29, 0.717) is 0 Å². The van der Waals surface area contributed by atoms with Gasteiger partial charge in [0.15, 0.2) is 0 Å². The first-order valence-corrected chi connectivity index (χ1v) is 5.93. The lowest BCUT2D eigenvalue weighted by Crippen LogP contribution is -1.98. The molecule has 3 nitrogen and oxygen atoms in total. The summed E-state index contributed by atoms with van der Waals surface area (Å²) in [5, 5.41) is 5.06. The second kappa shape index (κ2) is 4.63. The molecule has 3 aromatic rings. The van der Waals surface area contributed by atoms with E-state index in [1.807, 2.05) is 47.1 Å². The van der Waals surface area contributed by atoms with Gasteiger partial charge in [-0.2, -0.15) is 5.10 Å². The van der Waals surface area contributed by atoms with Crippen molar-refractivity contribution < 1.29 is 0 Å². The smallest absolute Gasteiger partial charge is 0.0742 e. The summed E-state index contributed by atoms with van der Waals surface area (Å²) in [5.41, 5.74) is 3.09. The number of pyridine rings is 1. The first kappa shape index (κ1) is 11.0. The van der Waals surface area contributed by atoms with Gasteiger partial charge in [-0.05, 0) is 42.5 Å². The highest BCUT2D eigenvalue weighted by atomic mass is 35.5. The monoisotopic (exact) mass is 255 g/mol. The van der Waals surface area contributed by atoms with Crippen molar-refractivity contribution in [1.29, 1.82) is 0 Å². The molecule has 0 bridgehead atoms. The molecule has 0 aliphatic rings. The van der Waals surface area contributed by atoms with Crippen LogP contribution >= 0.6 is 11.6 Å². The Balaban J connectivity index is 2.10.